The number of rotatable bonds is 4. The van der Waals surface area contributed by atoms with Crippen LogP contribution in [0.4, 0.5) is 4.39 Å². The van der Waals surface area contributed by atoms with Crippen LogP contribution in [0.15, 0.2) is 60.2 Å². The molecule has 0 spiro atoms. The fourth-order valence-corrected chi connectivity index (χ4v) is 3.11. The van der Waals surface area contributed by atoms with Gasteiger partial charge in [-0.2, -0.15) is 0 Å². The Morgan fingerprint density at radius 1 is 1.19 bits per heavy atom. The summed E-state index contributed by atoms with van der Waals surface area (Å²) in [5, 5.41) is 2.79. The van der Waals surface area contributed by atoms with Crippen molar-refractivity contribution < 1.29 is 14.0 Å². The van der Waals surface area contributed by atoms with Crippen LogP contribution in [0.2, 0.25) is 0 Å². The molecule has 1 heterocycles. The van der Waals surface area contributed by atoms with Crippen LogP contribution in [-0.2, 0) is 9.59 Å². The summed E-state index contributed by atoms with van der Waals surface area (Å²) in [4.78, 5) is 27.2. The molecule has 1 aliphatic heterocycles. The summed E-state index contributed by atoms with van der Waals surface area (Å²) >= 11 is 0. The molecule has 134 valence electrons. The summed E-state index contributed by atoms with van der Waals surface area (Å²) in [6, 6.07) is 14.6. The van der Waals surface area contributed by atoms with Crippen LogP contribution < -0.4 is 5.32 Å². The van der Waals surface area contributed by atoms with E-state index < -0.39 is 6.04 Å². The molecule has 3 rings (SSSR count). The molecule has 2 amide bonds. The van der Waals surface area contributed by atoms with Crippen molar-refractivity contribution in [2.45, 2.75) is 19.4 Å². The standard InChI is InChI=1S/C21H21FN2O2/c1-2-16(14-15-6-4-3-5-7-15)21(26)24-13-12-23-20(25)19(24)17-8-10-18(22)11-9-17/h3-11,14,19H,2,12-13H2,1H3,(H,23,25)/b16-14+. The third-order valence-corrected chi connectivity index (χ3v) is 4.45. The van der Waals surface area contributed by atoms with Crippen molar-refractivity contribution in [1.29, 1.82) is 0 Å². The highest BCUT2D eigenvalue weighted by atomic mass is 19.1. The lowest BCUT2D eigenvalue weighted by Gasteiger charge is -2.35. The summed E-state index contributed by atoms with van der Waals surface area (Å²) in [6.45, 7) is 2.74. The van der Waals surface area contributed by atoms with Gasteiger partial charge in [0.1, 0.15) is 11.9 Å². The molecule has 1 fully saturated rings. The number of hydrogen-bond donors (Lipinski definition) is 1. The van der Waals surface area contributed by atoms with Crippen LogP contribution in [-0.4, -0.2) is 29.8 Å². The molecule has 0 aliphatic carbocycles. The highest BCUT2D eigenvalue weighted by molar-refractivity contribution is 6.01. The lowest BCUT2D eigenvalue weighted by Crippen LogP contribution is -2.52. The number of nitrogens with one attached hydrogen (secondary N) is 1. The first-order chi connectivity index (χ1) is 12.6. The predicted octanol–water partition coefficient (Wildman–Crippen LogP) is 3.32. The Bertz CT molecular complexity index is 816. The molecule has 26 heavy (non-hydrogen) atoms. The molecule has 1 unspecified atom stereocenters. The number of nitrogens with zero attached hydrogens (tertiary/aromatic N) is 1. The smallest absolute Gasteiger partial charge is 0.250 e. The van der Waals surface area contributed by atoms with Gasteiger partial charge in [0.25, 0.3) is 5.91 Å². The fraction of sp³-hybridized carbons (Fsp3) is 0.238. The number of benzene rings is 2. The molecule has 0 aromatic heterocycles. The van der Waals surface area contributed by atoms with Crippen LogP contribution in [0.5, 0.6) is 0 Å². The monoisotopic (exact) mass is 352 g/mol. The van der Waals surface area contributed by atoms with E-state index in [1.165, 1.54) is 12.1 Å². The third-order valence-electron chi connectivity index (χ3n) is 4.45. The molecular weight excluding hydrogens is 331 g/mol. The van der Waals surface area contributed by atoms with Gasteiger partial charge in [-0.1, -0.05) is 49.4 Å². The van der Waals surface area contributed by atoms with Crippen molar-refractivity contribution in [2.75, 3.05) is 13.1 Å². The van der Waals surface area contributed by atoms with Gasteiger partial charge in [-0.25, -0.2) is 4.39 Å². The van der Waals surface area contributed by atoms with Crippen molar-refractivity contribution in [2.24, 2.45) is 0 Å². The molecule has 1 saturated heterocycles. The Hall–Kier alpha value is -2.95. The second-order valence-electron chi connectivity index (χ2n) is 6.18. The first-order valence-corrected chi connectivity index (χ1v) is 8.70. The minimum absolute atomic E-state index is 0.166. The van der Waals surface area contributed by atoms with Gasteiger partial charge in [-0.3, -0.25) is 9.59 Å². The summed E-state index contributed by atoms with van der Waals surface area (Å²) in [7, 11) is 0. The van der Waals surface area contributed by atoms with Crippen LogP contribution in [0.3, 0.4) is 0 Å². The molecule has 2 aromatic carbocycles. The van der Waals surface area contributed by atoms with E-state index in [2.05, 4.69) is 5.32 Å². The highest BCUT2D eigenvalue weighted by Crippen LogP contribution is 2.26. The van der Waals surface area contributed by atoms with Crippen LogP contribution in [0, 0.1) is 5.82 Å². The van der Waals surface area contributed by atoms with E-state index in [0.29, 0.717) is 30.6 Å². The Kier molecular flexibility index (Phi) is 5.46. The van der Waals surface area contributed by atoms with Crippen LogP contribution in [0.25, 0.3) is 6.08 Å². The Morgan fingerprint density at radius 2 is 1.88 bits per heavy atom. The zero-order valence-corrected chi connectivity index (χ0v) is 14.6. The molecular formula is C21H21FN2O2. The van der Waals surface area contributed by atoms with Gasteiger partial charge >= 0.3 is 0 Å². The topological polar surface area (TPSA) is 49.4 Å². The van der Waals surface area contributed by atoms with Crippen molar-refractivity contribution in [3.05, 3.63) is 77.1 Å². The fourth-order valence-electron chi connectivity index (χ4n) is 3.11. The van der Waals surface area contributed by atoms with Crippen molar-refractivity contribution in [3.63, 3.8) is 0 Å². The summed E-state index contributed by atoms with van der Waals surface area (Å²) in [5.41, 5.74) is 2.18. The SMILES string of the molecule is CC/C(=C\c1ccccc1)C(=O)N1CCNC(=O)C1c1ccc(F)cc1. The third kappa shape index (κ3) is 3.82. The molecule has 1 N–H and O–H groups in total. The average molecular weight is 352 g/mol. The lowest BCUT2D eigenvalue weighted by molar-refractivity contribution is -0.141. The molecule has 0 saturated carbocycles. The van der Waals surface area contributed by atoms with Crippen molar-refractivity contribution >= 4 is 17.9 Å². The normalized spacial score (nSPS) is 17.8. The zero-order valence-electron chi connectivity index (χ0n) is 14.6. The van der Waals surface area contributed by atoms with Crippen LogP contribution in [0.1, 0.15) is 30.5 Å². The van der Waals surface area contributed by atoms with E-state index in [4.69, 9.17) is 0 Å². The van der Waals surface area contributed by atoms with Gasteiger partial charge in [0.15, 0.2) is 0 Å². The van der Waals surface area contributed by atoms with Gasteiger partial charge in [-0.05, 0) is 35.8 Å². The maximum absolute atomic E-state index is 13.2. The number of hydrogen-bond acceptors (Lipinski definition) is 2. The maximum atomic E-state index is 13.2. The first-order valence-electron chi connectivity index (χ1n) is 8.70. The maximum Gasteiger partial charge on any atom is 0.250 e. The van der Waals surface area contributed by atoms with E-state index in [0.717, 1.165) is 5.56 Å². The Balaban J connectivity index is 1.93. The number of piperazine rings is 1. The van der Waals surface area contributed by atoms with Crippen molar-refractivity contribution in [3.8, 4) is 0 Å². The molecule has 1 atom stereocenters. The first kappa shape index (κ1) is 17.9. The second kappa shape index (κ2) is 7.95. The summed E-state index contributed by atoms with van der Waals surface area (Å²) < 4.78 is 13.2. The number of carbonyl (C=O) groups is 2. The molecule has 4 nitrogen and oxygen atoms in total. The average Bonchev–Trinajstić information content (AvgIpc) is 2.67. The van der Waals surface area contributed by atoms with Gasteiger partial charge in [0.05, 0.1) is 0 Å². The molecule has 5 heteroatoms. The number of halogens is 1. The van der Waals surface area contributed by atoms with E-state index in [-0.39, 0.29) is 17.6 Å². The van der Waals surface area contributed by atoms with E-state index >= 15 is 0 Å². The summed E-state index contributed by atoms with van der Waals surface area (Å²) in [5.74, 6) is -0.784. The zero-order chi connectivity index (χ0) is 18.5. The lowest BCUT2D eigenvalue weighted by atomic mass is 10.00. The quantitative estimate of drug-likeness (QED) is 0.858. The molecule has 2 aromatic rings. The van der Waals surface area contributed by atoms with Crippen molar-refractivity contribution in [1.82, 2.24) is 10.2 Å². The largest absolute Gasteiger partial charge is 0.352 e. The van der Waals surface area contributed by atoms with Gasteiger partial charge in [0, 0.05) is 18.7 Å². The van der Waals surface area contributed by atoms with E-state index in [1.807, 2.05) is 43.3 Å². The number of amides is 2. The highest BCUT2D eigenvalue weighted by Gasteiger charge is 2.35. The predicted molar refractivity (Wildman–Crippen MR) is 98.6 cm³/mol. The number of carbonyl (C=O) groups excluding carboxylic acids is 2. The van der Waals surface area contributed by atoms with E-state index in [1.54, 1.807) is 17.0 Å². The minimum Gasteiger partial charge on any atom is -0.352 e. The Morgan fingerprint density at radius 3 is 2.54 bits per heavy atom. The van der Waals surface area contributed by atoms with Gasteiger partial charge in [-0.15, -0.1) is 0 Å². The summed E-state index contributed by atoms with van der Waals surface area (Å²) in [6.07, 6.45) is 2.42. The van der Waals surface area contributed by atoms with E-state index in [9.17, 15) is 14.0 Å². The minimum atomic E-state index is -0.748. The Labute approximate surface area is 152 Å². The molecule has 0 radical (unpaired) electrons. The van der Waals surface area contributed by atoms with Gasteiger partial charge < -0.3 is 10.2 Å². The molecule has 0 bridgehead atoms. The van der Waals surface area contributed by atoms with Crippen LogP contribution >= 0.6 is 0 Å². The second-order valence-corrected chi connectivity index (χ2v) is 6.18. The molecule has 1 aliphatic rings. The van der Waals surface area contributed by atoms with Gasteiger partial charge in [0.2, 0.25) is 5.91 Å².